The molecule has 0 radical (unpaired) electrons. The van der Waals surface area contributed by atoms with E-state index >= 15 is 0 Å². The Bertz CT molecular complexity index is 2410. The van der Waals surface area contributed by atoms with Crippen LogP contribution in [0.3, 0.4) is 0 Å². The van der Waals surface area contributed by atoms with E-state index in [0.29, 0.717) is 41.6 Å². The Kier molecular flexibility index (Phi) is 10.9. The quantitative estimate of drug-likeness (QED) is 0.146. The molecule has 16 heteroatoms. The minimum absolute atomic E-state index is 0.0465. The number of likely N-dealkylation sites (tertiary alicyclic amines) is 1. The SMILES string of the molecule is COc1cc(-c2cn(C)c(=O)c3cnccc23)cc(OC)c1CN(C)C1CC2CC1CN2C(=O)CCOCCOc1ccc2c(c1)C(=O)N(C1CCC(=O)NC1=O)C2=O. The Balaban J connectivity index is 0.809. The Labute approximate surface area is 339 Å². The van der Waals surface area contributed by atoms with Crippen LogP contribution in [-0.2, 0) is 32.7 Å². The summed E-state index contributed by atoms with van der Waals surface area (Å²) in [6.07, 6.45) is 7.27. The zero-order chi connectivity index (χ0) is 41.5. The molecule has 2 aromatic heterocycles. The monoisotopic (exact) mass is 806 g/mol. The number of rotatable bonds is 14. The van der Waals surface area contributed by atoms with Crippen LogP contribution >= 0.6 is 0 Å². The van der Waals surface area contributed by atoms with Crippen LogP contribution in [0, 0.1) is 5.92 Å². The van der Waals surface area contributed by atoms with E-state index in [4.69, 9.17) is 18.9 Å². The minimum Gasteiger partial charge on any atom is -0.496 e. The number of carbonyl (C=O) groups excluding carboxylic acids is 5. The Hall–Kier alpha value is -6.13. The second-order valence-electron chi connectivity index (χ2n) is 15.5. The number of benzene rings is 2. The van der Waals surface area contributed by atoms with Crippen molar-refractivity contribution in [2.45, 2.75) is 56.8 Å². The van der Waals surface area contributed by atoms with Crippen LogP contribution in [0.1, 0.15) is 58.4 Å². The highest BCUT2D eigenvalue weighted by molar-refractivity contribution is 6.23. The largest absolute Gasteiger partial charge is 0.496 e. The summed E-state index contributed by atoms with van der Waals surface area (Å²) in [6, 6.07) is 9.75. The van der Waals surface area contributed by atoms with Gasteiger partial charge in [-0.1, -0.05) is 0 Å². The van der Waals surface area contributed by atoms with Gasteiger partial charge < -0.3 is 28.4 Å². The van der Waals surface area contributed by atoms with Gasteiger partial charge in [0.05, 0.1) is 55.9 Å². The third-order valence-corrected chi connectivity index (χ3v) is 12.1. The van der Waals surface area contributed by atoms with Crippen molar-refractivity contribution in [1.29, 1.82) is 0 Å². The maximum absolute atomic E-state index is 13.3. The number of carbonyl (C=O) groups is 5. The van der Waals surface area contributed by atoms with Gasteiger partial charge in [0.2, 0.25) is 17.7 Å². The highest BCUT2D eigenvalue weighted by Crippen LogP contribution is 2.43. The van der Waals surface area contributed by atoms with Crippen LogP contribution in [0.5, 0.6) is 17.2 Å². The number of pyridine rings is 2. The van der Waals surface area contributed by atoms with Crippen molar-refractivity contribution in [2.75, 3.05) is 47.6 Å². The molecule has 3 fully saturated rings. The fourth-order valence-electron chi connectivity index (χ4n) is 9.14. The van der Waals surface area contributed by atoms with Crippen molar-refractivity contribution in [3.05, 3.63) is 82.0 Å². The number of methoxy groups -OCH3 is 2. The van der Waals surface area contributed by atoms with E-state index in [1.54, 1.807) is 44.3 Å². The number of fused-ring (bicyclic) bond motifs is 4. The number of aryl methyl sites for hydroxylation is 1. The van der Waals surface area contributed by atoms with Gasteiger partial charge in [-0.3, -0.25) is 48.9 Å². The number of ether oxygens (including phenoxy) is 4. The summed E-state index contributed by atoms with van der Waals surface area (Å²) in [5.41, 5.74) is 2.85. The number of nitrogens with one attached hydrogen (secondary N) is 1. The lowest BCUT2D eigenvalue weighted by Crippen LogP contribution is -2.54. The van der Waals surface area contributed by atoms with E-state index in [-0.39, 0.29) is 73.8 Å². The molecule has 3 aliphatic heterocycles. The van der Waals surface area contributed by atoms with Crippen molar-refractivity contribution >= 4 is 40.3 Å². The summed E-state index contributed by atoms with van der Waals surface area (Å²) in [7, 11) is 7.12. The van der Waals surface area contributed by atoms with Crippen LogP contribution in [-0.4, -0.2) is 120 Å². The Morgan fingerprint density at radius 1 is 0.915 bits per heavy atom. The average molecular weight is 807 g/mol. The first kappa shape index (κ1) is 39.7. The topological polar surface area (TPSA) is 179 Å². The Morgan fingerprint density at radius 3 is 2.39 bits per heavy atom. The molecule has 16 nitrogen and oxygen atoms in total. The normalized spacial score (nSPS) is 21.1. The van der Waals surface area contributed by atoms with E-state index in [9.17, 15) is 28.8 Å². The van der Waals surface area contributed by atoms with Crippen molar-refractivity contribution in [2.24, 2.45) is 13.0 Å². The maximum Gasteiger partial charge on any atom is 0.262 e. The molecule has 2 saturated heterocycles. The zero-order valence-electron chi connectivity index (χ0n) is 33.4. The van der Waals surface area contributed by atoms with E-state index in [2.05, 4.69) is 22.2 Å². The molecule has 2 bridgehead atoms. The number of hydrogen-bond acceptors (Lipinski definition) is 12. The lowest BCUT2D eigenvalue weighted by Gasteiger charge is -2.36. The minimum atomic E-state index is -1.04. The first-order valence-electron chi connectivity index (χ1n) is 19.7. The molecule has 5 heterocycles. The molecular weight excluding hydrogens is 761 g/mol. The van der Waals surface area contributed by atoms with Crippen LogP contribution < -0.4 is 25.1 Å². The summed E-state index contributed by atoms with van der Waals surface area (Å²) >= 11 is 0. The maximum atomic E-state index is 13.3. The summed E-state index contributed by atoms with van der Waals surface area (Å²) in [6.45, 7) is 1.88. The number of amides is 5. The third kappa shape index (κ3) is 7.42. The van der Waals surface area contributed by atoms with Gasteiger partial charge in [0.1, 0.15) is 29.9 Å². The molecule has 59 heavy (non-hydrogen) atoms. The molecule has 4 aromatic rings. The molecule has 4 aliphatic rings. The van der Waals surface area contributed by atoms with Gasteiger partial charge in [-0.15, -0.1) is 0 Å². The lowest BCUT2D eigenvalue weighted by atomic mass is 9.97. The third-order valence-electron chi connectivity index (χ3n) is 12.1. The fraction of sp³-hybridized carbons (Fsp3) is 0.419. The van der Waals surface area contributed by atoms with Gasteiger partial charge in [-0.2, -0.15) is 0 Å². The summed E-state index contributed by atoms with van der Waals surface area (Å²) < 4.78 is 24.9. The molecule has 1 saturated carbocycles. The molecule has 4 unspecified atom stereocenters. The number of piperidine rings is 2. The second-order valence-corrected chi connectivity index (χ2v) is 15.5. The molecular formula is C43H46N6O10. The molecule has 308 valence electrons. The first-order chi connectivity index (χ1) is 28.5. The van der Waals surface area contributed by atoms with Crippen molar-refractivity contribution in [1.82, 2.24) is 29.6 Å². The van der Waals surface area contributed by atoms with Gasteiger partial charge in [0, 0.05) is 62.8 Å². The fourth-order valence-corrected chi connectivity index (χ4v) is 9.14. The van der Waals surface area contributed by atoms with Crippen LogP contribution in [0.4, 0.5) is 0 Å². The van der Waals surface area contributed by atoms with E-state index in [1.165, 1.54) is 12.1 Å². The summed E-state index contributed by atoms with van der Waals surface area (Å²) in [4.78, 5) is 85.4. The van der Waals surface area contributed by atoms with Gasteiger partial charge in [0.15, 0.2) is 0 Å². The predicted octanol–water partition coefficient (Wildman–Crippen LogP) is 2.93. The van der Waals surface area contributed by atoms with E-state index < -0.39 is 29.7 Å². The average Bonchev–Trinajstić information content (AvgIpc) is 3.92. The summed E-state index contributed by atoms with van der Waals surface area (Å²) in [5, 5.41) is 3.52. The standard InChI is InChI=1S/C43H46N6O10/c1-46(23-33-36(56-3)16-24(17-37(33)57-4)32-22-47(2)41(53)31-20-44-11-9-28(31)32)35-18-26-15-25(35)21-48(26)39(51)10-12-58-13-14-59-27-5-6-29-30(19-27)43(55)49(42(29)54)34-7-8-38(50)45-40(34)52/h5-6,9,11,16-17,19-20,22,25-26,34-35H,7-8,10,12-15,18,21,23H2,1-4H3,(H,45,50,52). The molecule has 4 atom stereocenters. The van der Waals surface area contributed by atoms with Crippen LogP contribution in [0.15, 0.2) is 59.8 Å². The molecule has 5 amide bonds. The van der Waals surface area contributed by atoms with E-state index in [0.717, 1.165) is 39.8 Å². The van der Waals surface area contributed by atoms with E-state index in [1.807, 2.05) is 29.3 Å². The van der Waals surface area contributed by atoms with Crippen molar-refractivity contribution in [3.8, 4) is 28.4 Å². The molecule has 1 aliphatic carbocycles. The predicted molar refractivity (Wildman–Crippen MR) is 213 cm³/mol. The molecule has 8 rings (SSSR count). The number of nitrogens with zero attached hydrogens (tertiary/aromatic N) is 5. The Morgan fingerprint density at radius 2 is 1.68 bits per heavy atom. The lowest BCUT2D eigenvalue weighted by molar-refractivity contribution is -0.136. The van der Waals surface area contributed by atoms with Crippen molar-refractivity contribution < 1.29 is 42.9 Å². The first-order valence-corrected chi connectivity index (χ1v) is 19.7. The summed E-state index contributed by atoms with van der Waals surface area (Å²) in [5.74, 6) is -0.158. The van der Waals surface area contributed by atoms with Crippen LogP contribution in [0.25, 0.3) is 21.9 Å². The number of hydrogen-bond donors (Lipinski definition) is 1. The van der Waals surface area contributed by atoms with Gasteiger partial charge >= 0.3 is 0 Å². The van der Waals surface area contributed by atoms with Crippen molar-refractivity contribution in [3.63, 3.8) is 0 Å². The molecule has 2 aromatic carbocycles. The highest BCUT2D eigenvalue weighted by atomic mass is 16.5. The molecule has 1 N–H and O–H groups in total. The zero-order valence-corrected chi connectivity index (χ0v) is 33.4. The highest BCUT2D eigenvalue weighted by Gasteiger charge is 2.48. The van der Waals surface area contributed by atoms with Crippen LogP contribution in [0.2, 0.25) is 0 Å². The number of aromatic nitrogens is 2. The van der Waals surface area contributed by atoms with Gasteiger partial charge in [-0.25, -0.2) is 0 Å². The smallest absolute Gasteiger partial charge is 0.262 e. The van der Waals surface area contributed by atoms with Gasteiger partial charge in [0.25, 0.3) is 17.4 Å². The second kappa shape index (κ2) is 16.3. The number of imide groups is 2. The molecule has 0 spiro atoms. The van der Waals surface area contributed by atoms with Gasteiger partial charge in [-0.05, 0) is 79.6 Å².